The van der Waals surface area contributed by atoms with Crippen LogP contribution >= 0.6 is 23.1 Å². The van der Waals surface area contributed by atoms with Gasteiger partial charge >= 0.3 is 0 Å². The smallest absolute Gasteiger partial charge is 0.267 e. The van der Waals surface area contributed by atoms with Crippen LogP contribution in [0.5, 0.6) is 0 Å². The zero-order valence-corrected chi connectivity index (χ0v) is 17.0. The van der Waals surface area contributed by atoms with E-state index in [0.29, 0.717) is 5.56 Å². The third kappa shape index (κ3) is 5.48. The molecule has 0 fully saturated rings. The van der Waals surface area contributed by atoms with Gasteiger partial charge in [-0.05, 0) is 56.0 Å². The first kappa shape index (κ1) is 19.3. The monoisotopic (exact) mass is 396 g/mol. The summed E-state index contributed by atoms with van der Waals surface area (Å²) < 4.78 is 0. The second kappa shape index (κ2) is 8.92. The fourth-order valence-electron chi connectivity index (χ4n) is 2.40. The van der Waals surface area contributed by atoms with Crippen molar-refractivity contribution >= 4 is 34.7 Å². The Balaban J connectivity index is 1.58. The van der Waals surface area contributed by atoms with Crippen LogP contribution in [0, 0.1) is 13.8 Å². The van der Waals surface area contributed by atoms with Gasteiger partial charge in [0.25, 0.3) is 5.91 Å². The summed E-state index contributed by atoms with van der Waals surface area (Å²) in [5.41, 5.74) is 7.02. The molecule has 138 valence electrons. The Kier molecular flexibility index (Phi) is 6.36. The molecule has 1 aromatic carbocycles. The largest absolute Gasteiger partial charge is 0.271 e. The van der Waals surface area contributed by atoms with Crippen molar-refractivity contribution in [1.82, 2.24) is 15.4 Å². The first-order valence-electron chi connectivity index (χ1n) is 8.44. The Labute approximate surface area is 167 Å². The van der Waals surface area contributed by atoms with Crippen molar-refractivity contribution in [3.05, 3.63) is 75.2 Å². The van der Waals surface area contributed by atoms with Crippen LogP contribution in [0.25, 0.3) is 0 Å². The maximum atomic E-state index is 12.2. The van der Waals surface area contributed by atoms with Gasteiger partial charge in [0, 0.05) is 27.6 Å². The SMILES string of the molecule is C/C(=N/NC(=O)c1ccc(CSc2nc(C)cc(C)n2)cc1)c1cccs1. The third-order valence-corrected chi connectivity index (χ3v) is 5.65. The van der Waals surface area contributed by atoms with Gasteiger partial charge in [-0.2, -0.15) is 5.10 Å². The molecule has 0 bridgehead atoms. The number of carbonyl (C=O) groups excluding carboxylic acids is 1. The summed E-state index contributed by atoms with van der Waals surface area (Å²) in [5, 5.41) is 6.92. The van der Waals surface area contributed by atoms with Crippen molar-refractivity contribution in [2.45, 2.75) is 31.7 Å². The summed E-state index contributed by atoms with van der Waals surface area (Å²) >= 11 is 3.18. The highest BCUT2D eigenvalue weighted by atomic mass is 32.2. The van der Waals surface area contributed by atoms with E-state index < -0.39 is 0 Å². The quantitative estimate of drug-likeness (QED) is 0.286. The lowest BCUT2D eigenvalue weighted by Gasteiger charge is -2.05. The van der Waals surface area contributed by atoms with Gasteiger partial charge in [0.1, 0.15) is 0 Å². The van der Waals surface area contributed by atoms with E-state index in [4.69, 9.17) is 0 Å². The number of nitrogens with zero attached hydrogens (tertiary/aromatic N) is 3. The minimum atomic E-state index is -0.220. The fourth-order valence-corrected chi connectivity index (χ4v) is 3.98. The van der Waals surface area contributed by atoms with E-state index in [2.05, 4.69) is 20.5 Å². The minimum Gasteiger partial charge on any atom is -0.267 e. The van der Waals surface area contributed by atoms with E-state index in [9.17, 15) is 4.79 Å². The van der Waals surface area contributed by atoms with Crippen LogP contribution in [0.4, 0.5) is 0 Å². The normalized spacial score (nSPS) is 11.4. The van der Waals surface area contributed by atoms with Gasteiger partial charge in [-0.25, -0.2) is 15.4 Å². The molecule has 0 aliphatic heterocycles. The third-order valence-electron chi connectivity index (χ3n) is 3.75. The molecule has 7 heteroatoms. The molecule has 0 radical (unpaired) electrons. The standard InChI is InChI=1S/C20H20N4OS2/c1-13-11-14(2)22-20(21-13)27-12-16-6-8-17(9-7-16)19(25)24-23-15(3)18-5-4-10-26-18/h4-11H,12H2,1-3H3,(H,24,25)/b23-15-. The van der Waals surface area contributed by atoms with Gasteiger partial charge < -0.3 is 0 Å². The lowest BCUT2D eigenvalue weighted by Crippen LogP contribution is -2.19. The topological polar surface area (TPSA) is 67.2 Å². The number of aromatic nitrogens is 2. The lowest BCUT2D eigenvalue weighted by molar-refractivity contribution is 0.0955. The maximum absolute atomic E-state index is 12.2. The van der Waals surface area contributed by atoms with E-state index in [1.165, 1.54) is 0 Å². The summed E-state index contributed by atoms with van der Waals surface area (Å²) in [4.78, 5) is 22.1. The number of nitrogens with one attached hydrogen (secondary N) is 1. The van der Waals surface area contributed by atoms with Crippen LogP contribution in [0.15, 0.2) is 58.1 Å². The number of rotatable bonds is 6. The number of hydrogen-bond donors (Lipinski definition) is 1. The van der Waals surface area contributed by atoms with Crippen molar-refractivity contribution in [3.8, 4) is 0 Å². The fraction of sp³-hybridized carbons (Fsp3) is 0.200. The molecule has 0 unspecified atom stereocenters. The van der Waals surface area contributed by atoms with Crippen LogP contribution in [-0.2, 0) is 5.75 Å². The Hall–Kier alpha value is -2.51. The number of amides is 1. The molecule has 1 amide bonds. The van der Waals surface area contributed by atoms with Gasteiger partial charge in [0.2, 0.25) is 0 Å². The number of benzene rings is 1. The van der Waals surface area contributed by atoms with E-state index in [0.717, 1.165) is 38.4 Å². The molecule has 1 N–H and O–H groups in total. The highest BCUT2D eigenvalue weighted by Gasteiger charge is 2.07. The number of thioether (sulfide) groups is 1. The van der Waals surface area contributed by atoms with Crippen molar-refractivity contribution in [2.75, 3.05) is 0 Å². The van der Waals surface area contributed by atoms with E-state index in [1.807, 2.05) is 68.6 Å². The molecule has 0 spiro atoms. The average molecular weight is 397 g/mol. The lowest BCUT2D eigenvalue weighted by atomic mass is 10.1. The summed E-state index contributed by atoms with van der Waals surface area (Å²) in [7, 11) is 0. The van der Waals surface area contributed by atoms with E-state index in [1.54, 1.807) is 23.1 Å². The van der Waals surface area contributed by atoms with Gasteiger partial charge in [-0.3, -0.25) is 4.79 Å². The minimum absolute atomic E-state index is 0.220. The number of hydrogen-bond acceptors (Lipinski definition) is 6. The average Bonchev–Trinajstić information content (AvgIpc) is 3.19. The Morgan fingerprint density at radius 2 is 1.85 bits per heavy atom. The molecule has 3 aromatic rings. The van der Waals surface area contributed by atoms with Crippen molar-refractivity contribution < 1.29 is 4.79 Å². The maximum Gasteiger partial charge on any atom is 0.271 e. The van der Waals surface area contributed by atoms with Gasteiger partial charge in [-0.15, -0.1) is 11.3 Å². The first-order chi connectivity index (χ1) is 13.0. The van der Waals surface area contributed by atoms with E-state index >= 15 is 0 Å². The van der Waals surface area contributed by atoms with Crippen LogP contribution in [0.1, 0.15) is 39.1 Å². The Bertz CT molecular complexity index is 930. The predicted octanol–water partition coefficient (Wildman–Crippen LogP) is 4.60. The predicted molar refractivity (Wildman–Crippen MR) is 112 cm³/mol. The Morgan fingerprint density at radius 1 is 1.15 bits per heavy atom. The molecular weight excluding hydrogens is 376 g/mol. The van der Waals surface area contributed by atoms with Crippen molar-refractivity contribution in [1.29, 1.82) is 0 Å². The second-order valence-corrected chi connectivity index (χ2v) is 7.92. The van der Waals surface area contributed by atoms with Gasteiger partial charge in [-0.1, -0.05) is 30.0 Å². The molecule has 2 aromatic heterocycles. The molecule has 0 aliphatic rings. The van der Waals surface area contributed by atoms with Crippen LogP contribution in [-0.4, -0.2) is 21.6 Å². The molecular formula is C20H20N4OS2. The summed E-state index contributed by atoms with van der Waals surface area (Å²) in [6.07, 6.45) is 0. The number of aryl methyl sites for hydroxylation is 2. The highest BCUT2D eigenvalue weighted by molar-refractivity contribution is 7.98. The molecule has 2 heterocycles. The molecule has 0 saturated carbocycles. The van der Waals surface area contributed by atoms with E-state index in [-0.39, 0.29) is 5.91 Å². The Morgan fingerprint density at radius 3 is 2.48 bits per heavy atom. The van der Waals surface area contributed by atoms with Crippen LogP contribution < -0.4 is 5.43 Å². The molecule has 27 heavy (non-hydrogen) atoms. The summed E-state index contributed by atoms with van der Waals surface area (Å²) in [6.45, 7) is 5.81. The van der Waals surface area contributed by atoms with Crippen molar-refractivity contribution in [2.24, 2.45) is 5.10 Å². The highest BCUT2D eigenvalue weighted by Crippen LogP contribution is 2.20. The zero-order valence-electron chi connectivity index (χ0n) is 15.4. The number of carbonyl (C=O) groups is 1. The van der Waals surface area contributed by atoms with Gasteiger partial charge in [0.15, 0.2) is 5.16 Å². The van der Waals surface area contributed by atoms with Crippen LogP contribution in [0.2, 0.25) is 0 Å². The summed E-state index contributed by atoms with van der Waals surface area (Å²) in [5.74, 6) is 0.531. The molecule has 0 atom stereocenters. The van der Waals surface area contributed by atoms with Crippen molar-refractivity contribution in [3.63, 3.8) is 0 Å². The van der Waals surface area contributed by atoms with Crippen LogP contribution in [0.3, 0.4) is 0 Å². The molecule has 0 saturated heterocycles. The summed E-state index contributed by atoms with van der Waals surface area (Å²) in [6, 6.07) is 13.4. The number of hydrazone groups is 1. The van der Waals surface area contributed by atoms with Gasteiger partial charge in [0.05, 0.1) is 5.71 Å². The number of thiophene rings is 1. The molecule has 0 aliphatic carbocycles. The first-order valence-corrected chi connectivity index (χ1v) is 10.3. The molecule has 5 nitrogen and oxygen atoms in total. The zero-order chi connectivity index (χ0) is 19.2. The second-order valence-electron chi connectivity index (χ2n) is 6.03. The molecule has 3 rings (SSSR count).